The zero-order valence-electron chi connectivity index (χ0n) is 13.8. The van der Waals surface area contributed by atoms with Crippen molar-refractivity contribution in [1.29, 1.82) is 0 Å². The van der Waals surface area contributed by atoms with Gasteiger partial charge in [-0.3, -0.25) is 10.00 Å². The van der Waals surface area contributed by atoms with E-state index in [0.29, 0.717) is 5.82 Å². The van der Waals surface area contributed by atoms with Gasteiger partial charge in [-0.25, -0.2) is 4.79 Å². The highest BCUT2D eigenvalue weighted by atomic mass is 16.5. The standard InChI is InChI=1S/C15H26N4O2/c1-7-10-8-12(19(5)18-10)17-13(20)16-11-9-15(4,21-6)14(11,2)3/h8,11H,7,9H2,1-6H3,(H2,16,17,20). The molecular formula is C15H26N4O2. The molecule has 2 amide bonds. The predicted octanol–water partition coefficient (Wildman–Crippen LogP) is 2.31. The first-order valence-corrected chi connectivity index (χ1v) is 7.39. The van der Waals surface area contributed by atoms with Gasteiger partial charge in [-0.05, 0) is 19.8 Å². The fourth-order valence-corrected chi connectivity index (χ4v) is 2.85. The van der Waals surface area contributed by atoms with Crippen LogP contribution in [0.15, 0.2) is 6.07 Å². The molecule has 1 saturated carbocycles. The van der Waals surface area contributed by atoms with Gasteiger partial charge in [0.15, 0.2) is 0 Å². The molecule has 118 valence electrons. The molecule has 0 saturated heterocycles. The summed E-state index contributed by atoms with van der Waals surface area (Å²) in [6, 6.07) is 1.79. The Bertz CT molecular complexity index is 538. The number of aromatic nitrogens is 2. The molecule has 21 heavy (non-hydrogen) atoms. The first-order valence-electron chi connectivity index (χ1n) is 7.39. The van der Waals surface area contributed by atoms with Crippen molar-refractivity contribution in [3.05, 3.63) is 11.8 Å². The Hall–Kier alpha value is -1.56. The molecule has 0 bridgehead atoms. The van der Waals surface area contributed by atoms with Crippen LogP contribution in [-0.4, -0.2) is 34.6 Å². The van der Waals surface area contributed by atoms with Gasteiger partial charge in [-0.15, -0.1) is 0 Å². The summed E-state index contributed by atoms with van der Waals surface area (Å²) >= 11 is 0. The van der Waals surface area contributed by atoms with Crippen molar-refractivity contribution >= 4 is 11.8 Å². The summed E-state index contributed by atoms with van der Waals surface area (Å²) in [5.41, 5.74) is 0.677. The number of ether oxygens (including phenoxy) is 1. The first kappa shape index (κ1) is 15.8. The number of nitrogens with one attached hydrogen (secondary N) is 2. The molecule has 2 N–H and O–H groups in total. The number of aryl methyl sites for hydroxylation is 2. The fraction of sp³-hybridized carbons (Fsp3) is 0.733. The molecule has 2 atom stereocenters. The van der Waals surface area contributed by atoms with Gasteiger partial charge in [0.2, 0.25) is 0 Å². The van der Waals surface area contributed by atoms with Crippen molar-refractivity contribution < 1.29 is 9.53 Å². The molecule has 1 aromatic rings. The number of rotatable bonds is 4. The fourth-order valence-electron chi connectivity index (χ4n) is 2.85. The molecule has 2 unspecified atom stereocenters. The molecule has 1 heterocycles. The van der Waals surface area contributed by atoms with Crippen molar-refractivity contribution in [1.82, 2.24) is 15.1 Å². The number of hydrogen-bond donors (Lipinski definition) is 2. The van der Waals surface area contributed by atoms with Gasteiger partial charge in [0.05, 0.1) is 11.3 Å². The van der Waals surface area contributed by atoms with Crippen molar-refractivity contribution in [3.8, 4) is 0 Å². The number of nitrogens with zero attached hydrogens (tertiary/aromatic N) is 2. The lowest BCUT2D eigenvalue weighted by molar-refractivity contribution is -0.177. The van der Waals surface area contributed by atoms with Crippen LogP contribution in [0.5, 0.6) is 0 Å². The predicted molar refractivity (Wildman–Crippen MR) is 82.3 cm³/mol. The molecule has 0 spiro atoms. The number of hydrogen-bond acceptors (Lipinski definition) is 3. The Morgan fingerprint density at radius 1 is 1.52 bits per heavy atom. The van der Waals surface area contributed by atoms with Gasteiger partial charge >= 0.3 is 6.03 Å². The van der Waals surface area contributed by atoms with Crippen LogP contribution < -0.4 is 10.6 Å². The Kier molecular flexibility index (Phi) is 4.02. The second-order valence-electron chi connectivity index (χ2n) is 6.51. The van der Waals surface area contributed by atoms with Gasteiger partial charge in [-0.1, -0.05) is 20.8 Å². The average molecular weight is 294 g/mol. The second-order valence-corrected chi connectivity index (χ2v) is 6.51. The van der Waals surface area contributed by atoms with E-state index >= 15 is 0 Å². The van der Waals surface area contributed by atoms with E-state index in [2.05, 4.69) is 36.5 Å². The zero-order valence-corrected chi connectivity index (χ0v) is 13.8. The molecule has 6 nitrogen and oxygen atoms in total. The van der Waals surface area contributed by atoms with Gasteiger partial charge in [0, 0.05) is 31.7 Å². The quantitative estimate of drug-likeness (QED) is 0.895. The maximum atomic E-state index is 12.1. The van der Waals surface area contributed by atoms with E-state index in [9.17, 15) is 4.79 Å². The number of methoxy groups -OCH3 is 1. The van der Waals surface area contributed by atoms with Crippen molar-refractivity contribution in [3.63, 3.8) is 0 Å². The van der Waals surface area contributed by atoms with Crippen LogP contribution in [0, 0.1) is 5.41 Å². The summed E-state index contributed by atoms with van der Waals surface area (Å²) in [5, 5.41) is 10.2. The molecular weight excluding hydrogens is 268 g/mol. The minimum Gasteiger partial charge on any atom is -0.378 e. The molecule has 1 fully saturated rings. The third-order valence-corrected chi connectivity index (χ3v) is 5.12. The van der Waals surface area contributed by atoms with Gasteiger partial charge in [0.25, 0.3) is 0 Å². The van der Waals surface area contributed by atoms with Crippen LogP contribution in [-0.2, 0) is 18.2 Å². The smallest absolute Gasteiger partial charge is 0.320 e. The van der Waals surface area contributed by atoms with Crippen LogP contribution in [0.4, 0.5) is 10.6 Å². The van der Waals surface area contributed by atoms with E-state index < -0.39 is 0 Å². The SMILES string of the molecule is CCc1cc(NC(=O)NC2CC(C)(OC)C2(C)C)n(C)n1. The lowest BCUT2D eigenvalue weighted by Gasteiger charge is -2.58. The molecule has 1 aliphatic carbocycles. The Labute approximate surface area is 126 Å². The maximum absolute atomic E-state index is 12.1. The molecule has 0 radical (unpaired) electrons. The van der Waals surface area contributed by atoms with E-state index in [0.717, 1.165) is 18.5 Å². The summed E-state index contributed by atoms with van der Waals surface area (Å²) in [6.45, 7) is 8.35. The first-order chi connectivity index (χ1) is 9.73. The summed E-state index contributed by atoms with van der Waals surface area (Å²) in [4.78, 5) is 12.1. The van der Waals surface area contributed by atoms with E-state index in [-0.39, 0.29) is 23.1 Å². The zero-order chi connectivity index (χ0) is 15.8. The molecule has 1 aliphatic rings. The molecule has 0 aromatic carbocycles. The number of amides is 2. The van der Waals surface area contributed by atoms with Crippen molar-refractivity contribution in [2.75, 3.05) is 12.4 Å². The molecule has 6 heteroatoms. The van der Waals surface area contributed by atoms with Gasteiger partial charge in [0.1, 0.15) is 5.82 Å². The van der Waals surface area contributed by atoms with Crippen LogP contribution in [0.2, 0.25) is 0 Å². The van der Waals surface area contributed by atoms with Gasteiger partial charge in [-0.2, -0.15) is 5.10 Å². The van der Waals surface area contributed by atoms with E-state index in [1.165, 1.54) is 0 Å². The van der Waals surface area contributed by atoms with Crippen molar-refractivity contribution in [2.45, 2.75) is 52.2 Å². The van der Waals surface area contributed by atoms with Crippen molar-refractivity contribution in [2.24, 2.45) is 12.5 Å². The lowest BCUT2D eigenvalue weighted by Crippen LogP contribution is -2.68. The maximum Gasteiger partial charge on any atom is 0.320 e. The monoisotopic (exact) mass is 294 g/mol. The summed E-state index contributed by atoms with van der Waals surface area (Å²) in [7, 11) is 3.55. The third kappa shape index (κ3) is 2.64. The third-order valence-electron chi connectivity index (χ3n) is 5.12. The number of urea groups is 1. The summed E-state index contributed by atoms with van der Waals surface area (Å²) < 4.78 is 7.25. The topological polar surface area (TPSA) is 68.2 Å². The molecule has 0 aliphatic heterocycles. The minimum atomic E-state index is -0.197. The average Bonchev–Trinajstić information content (AvgIpc) is 2.78. The van der Waals surface area contributed by atoms with Crippen LogP contribution >= 0.6 is 0 Å². The Balaban J connectivity index is 1.96. The summed E-state index contributed by atoms with van der Waals surface area (Å²) in [6.07, 6.45) is 1.66. The molecule has 1 aromatic heterocycles. The van der Waals surface area contributed by atoms with E-state index in [1.54, 1.807) is 11.8 Å². The van der Waals surface area contributed by atoms with Gasteiger partial charge < -0.3 is 10.1 Å². The van der Waals surface area contributed by atoms with E-state index in [1.807, 2.05) is 20.0 Å². The number of carbonyl (C=O) groups excluding carboxylic acids is 1. The minimum absolute atomic E-state index is 0.0971. The van der Waals surface area contributed by atoms with E-state index in [4.69, 9.17) is 4.74 Å². The second kappa shape index (κ2) is 5.33. The molecule has 2 rings (SSSR count). The largest absolute Gasteiger partial charge is 0.378 e. The highest BCUT2D eigenvalue weighted by molar-refractivity contribution is 5.88. The highest BCUT2D eigenvalue weighted by Gasteiger charge is 2.58. The summed E-state index contributed by atoms with van der Waals surface area (Å²) in [5.74, 6) is 0.705. The number of carbonyl (C=O) groups is 1. The number of anilines is 1. The Morgan fingerprint density at radius 2 is 2.19 bits per heavy atom. The normalized spacial score (nSPS) is 27.0. The van der Waals surface area contributed by atoms with Crippen LogP contribution in [0.1, 0.15) is 39.8 Å². The highest BCUT2D eigenvalue weighted by Crippen LogP contribution is 2.51. The van der Waals surface area contributed by atoms with Crippen LogP contribution in [0.3, 0.4) is 0 Å². The van der Waals surface area contributed by atoms with Crippen LogP contribution in [0.25, 0.3) is 0 Å². The lowest BCUT2D eigenvalue weighted by atomic mass is 9.56. The Morgan fingerprint density at radius 3 is 2.67 bits per heavy atom.